The van der Waals surface area contributed by atoms with Crippen LogP contribution in [-0.4, -0.2) is 17.6 Å². The lowest BCUT2D eigenvalue weighted by Gasteiger charge is -1.87. The third kappa shape index (κ3) is 0.943. The minimum atomic E-state index is 0.356. The Morgan fingerprint density at radius 2 is 2.56 bits per heavy atom. The molecule has 0 fully saturated rings. The number of hydrogen-bond donors (Lipinski definition) is 0. The van der Waals surface area contributed by atoms with Crippen LogP contribution in [0.3, 0.4) is 0 Å². The first-order valence-corrected chi connectivity index (χ1v) is 2.43. The summed E-state index contributed by atoms with van der Waals surface area (Å²) in [5, 5.41) is 12.1. The van der Waals surface area contributed by atoms with Gasteiger partial charge in [0.1, 0.15) is 13.9 Å². The Balaban J connectivity index is 3.16. The fourth-order valence-corrected chi connectivity index (χ4v) is 0.536. The Labute approximate surface area is 54.3 Å². The van der Waals surface area contributed by atoms with E-state index >= 15 is 0 Å². The smallest absolute Gasteiger partial charge is 0.161 e. The molecule has 0 spiro atoms. The van der Waals surface area contributed by atoms with Crippen LogP contribution in [0.1, 0.15) is 5.69 Å². The summed E-state index contributed by atoms with van der Waals surface area (Å²) in [6, 6.07) is 3.40. The first kappa shape index (κ1) is 5.89. The zero-order valence-corrected chi connectivity index (χ0v) is 5.00. The monoisotopic (exact) mass is 117 g/mol. The minimum absolute atomic E-state index is 0.356. The Morgan fingerprint density at radius 3 is 2.78 bits per heavy atom. The van der Waals surface area contributed by atoms with E-state index in [4.69, 9.17) is 13.1 Å². The van der Waals surface area contributed by atoms with E-state index < -0.39 is 0 Å². The molecule has 1 rings (SSSR count). The highest BCUT2D eigenvalue weighted by atomic mass is 15.3. The summed E-state index contributed by atoms with van der Waals surface area (Å²) in [6.45, 7) is 0. The van der Waals surface area contributed by atoms with Crippen LogP contribution in [0.2, 0.25) is 0 Å². The molecule has 1 aromatic rings. The highest BCUT2D eigenvalue weighted by molar-refractivity contribution is 6.30. The lowest BCUT2D eigenvalue weighted by Crippen LogP contribution is -2.13. The summed E-state index contributed by atoms with van der Waals surface area (Å²) in [7, 11) is 7.06. The maximum atomic E-state index is 8.29. The summed E-state index contributed by atoms with van der Waals surface area (Å²) in [5.74, 6) is 0. The second-order valence-electron chi connectivity index (χ2n) is 1.69. The molecular formula is C5H4BN3. The molecule has 3 nitrogen and oxygen atoms in total. The number of nitrogens with zero attached hydrogens (tertiary/aromatic N) is 3. The summed E-state index contributed by atoms with van der Waals surface area (Å²) in [5.41, 5.74) is 0.863. The van der Waals surface area contributed by atoms with E-state index in [0.29, 0.717) is 11.3 Å². The van der Waals surface area contributed by atoms with E-state index in [1.807, 2.05) is 6.07 Å². The highest BCUT2D eigenvalue weighted by Crippen LogP contribution is 1.84. The topological polar surface area (TPSA) is 41.6 Å². The summed E-state index contributed by atoms with van der Waals surface area (Å²) < 4.78 is 1.46. The van der Waals surface area contributed by atoms with Gasteiger partial charge in [0.05, 0.1) is 0 Å². The lowest BCUT2D eigenvalue weighted by molar-refractivity contribution is 0.784. The molecular weight excluding hydrogens is 113 g/mol. The molecule has 0 saturated carbocycles. The molecule has 0 unspecified atom stereocenters. The first-order chi connectivity index (χ1) is 4.24. The molecule has 0 bridgehead atoms. The van der Waals surface area contributed by atoms with Crippen LogP contribution < -0.4 is 5.59 Å². The van der Waals surface area contributed by atoms with Gasteiger partial charge in [-0.05, 0) is 11.7 Å². The molecule has 4 heteroatoms. The second-order valence-corrected chi connectivity index (χ2v) is 1.69. The molecule has 42 valence electrons. The van der Waals surface area contributed by atoms with Crippen LogP contribution in [0.15, 0.2) is 6.07 Å². The molecule has 0 aliphatic heterocycles. The summed E-state index contributed by atoms with van der Waals surface area (Å²) >= 11 is 0. The fourth-order valence-electron chi connectivity index (χ4n) is 0.536. The molecule has 0 N–H and O–H groups in total. The minimum Gasteiger partial charge on any atom is -0.282 e. The van der Waals surface area contributed by atoms with Crippen LogP contribution in [-0.2, 0) is 7.05 Å². The van der Waals surface area contributed by atoms with Gasteiger partial charge in [-0.2, -0.15) is 10.4 Å². The second kappa shape index (κ2) is 1.94. The number of nitriles is 1. The van der Waals surface area contributed by atoms with E-state index in [9.17, 15) is 0 Å². The third-order valence-electron chi connectivity index (χ3n) is 1.03. The van der Waals surface area contributed by atoms with Gasteiger partial charge in [0.2, 0.25) is 0 Å². The summed E-state index contributed by atoms with van der Waals surface area (Å²) in [6.07, 6.45) is 0. The van der Waals surface area contributed by atoms with Crippen molar-refractivity contribution in [2.45, 2.75) is 0 Å². The molecule has 0 saturated heterocycles. The molecule has 0 aromatic carbocycles. The zero-order valence-electron chi connectivity index (χ0n) is 5.00. The van der Waals surface area contributed by atoms with Gasteiger partial charge < -0.3 is 0 Å². The zero-order chi connectivity index (χ0) is 6.85. The van der Waals surface area contributed by atoms with Crippen LogP contribution >= 0.6 is 0 Å². The van der Waals surface area contributed by atoms with Gasteiger partial charge in [0, 0.05) is 7.05 Å². The number of aryl methyl sites for hydroxylation is 1. The summed E-state index contributed by atoms with van der Waals surface area (Å²) in [4.78, 5) is 0. The van der Waals surface area contributed by atoms with Gasteiger partial charge in [-0.15, -0.1) is 0 Å². The van der Waals surface area contributed by atoms with Crippen LogP contribution in [0, 0.1) is 11.3 Å². The third-order valence-corrected chi connectivity index (χ3v) is 1.03. The van der Waals surface area contributed by atoms with Crippen molar-refractivity contribution in [3.63, 3.8) is 0 Å². The molecule has 9 heavy (non-hydrogen) atoms. The molecule has 0 amide bonds. The molecule has 0 atom stereocenters. The average molecular weight is 117 g/mol. The first-order valence-electron chi connectivity index (χ1n) is 2.43. The quantitative estimate of drug-likeness (QED) is 0.412. The van der Waals surface area contributed by atoms with Crippen molar-refractivity contribution in [2.24, 2.45) is 7.05 Å². The van der Waals surface area contributed by atoms with Crippen molar-refractivity contribution in [3.8, 4) is 6.07 Å². The molecule has 2 radical (unpaired) electrons. The van der Waals surface area contributed by atoms with Crippen LogP contribution in [0.25, 0.3) is 0 Å². The lowest BCUT2D eigenvalue weighted by atomic mass is 10.1. The van der Waals surface area contributed by atoms with Crippen molar-refractivity contribution in [3.05, 3.63) is 11.8 Å². The van der Waals surface area contributed by atoms with Crippen molar-refractivity contribution in [2.75, 3.05) is 0 Å². The molecule has 1 aromatic heterocycles. The average Bonchev–Trinajstić information content (AvgIpc) is 2.13. The molecule has 0 aliphatic rings. The van der Waals surface area contributed by atoms with E-state index in [1.54, 1.807) is 7.05 Å². The number of hydrogen-bond acceptors (Lipinski definition) is 2. The highest BCUT2D eigenvalue weighted by Gasteiger charge is 1.95. The van der Waals surface area contributed by atoms with E-state index in [-0.39, 0.29) is 0 Å². The maximum absolute atomic E-state index is 8.29. The SMILES string of the molecule is [B]c1cc(C#N)nn1C. The van der Waals surface area contributed by atoms with Gasteiger partial charge in [0.25, 0.3) is 0 Å². The largest absolute Gasteiger partial charge is 0.282 e. The van der Waals surface area contributed by atoms with Crippen molar-refractivity contribution < 1.29 is 0 Å². The van der Waals surface area contributed by atoms with Crippen LogP contribution in [0.4, 0.5) is 0 Å². The van der Waals surface area contributed by atoms with Gasteiger partial charge in [-0.3, -0.25) is 4.68 Å². The normalized spacial score (nSPS) is 8.89. The number of aromatic nitrogens is 2. The predicted octanol–water partition coefficient (Wildman–Crippen LogP) is -0.914. The number of rotatable bonds is 0. The maximum Gasteiger partial charge on any atom is 0.161 e. The van der Waals surface area contributed by atoms with E-state index in [1.165, 1.54) is 10.7 Å². The van der Waals surface area contributed by atoms with E-state index in [2.05, 4.69) is 5.10 Å². The van der Waals surface area contributed by atoms with Gasteiger partial charge in [-0.1, -0.05) is 0 Å². The van der Waals surface area contributed by atoms with E-state index in [0.717, 1.165) is 0 Å². The Bertz CT molecular complexity index is 238. The molecule has 0 aliphatic carbocycles. The van der Waals surface area contributed by atoms with Crippen molar-refractivity contribution in [1.82, 2.24) is 9.78 Å². The Hall–Kier alpha value is -1.24. The Morgan fingerprint density at radius 1 is 1.89 bits per heavy atom. The van der Waals surface area contributed by atoms with Crippen molar-refractivity contribution in [1.29, 1.82) is 5.26 Å². The van der Waals surface area contributed by atoms with Crippen molar-refractivity contribution >= 4 is 13.4 Å². The van der Waals surface area contributed by atoms with Crippen LogP contribution in [0.5, 0.6) is 0 Å². The van der Waals surface area contributed by atoms with Gasteiger partial charge in [-0.25, -0.2) is 0 Å². The Kier molecular flexibility index (Phi) is 1.27. The fraction of sp³-hybridized carbons (Fsp3) is 0.200. The standard InChI is InChI=1S/C5H4BN3/c1-9-5(6)2-4(3-7)8-9/h2H,1H3. The van der Waals surface area contributed by atoms with Gasteiger partial charge >= 0.3 is 0 Å². The van der Waals surface area contributed by atoms with Gasteiger partial charge in [0.15, 0.2) is 5.69 Å². The molecule has 1 heterocycles. The predicted molar refractivity (Wildman–Crippen MR) is 33.3 cm³/mol.